The molecular formula is C22H20N2O3. The molecule has 4 aromatic rings. The van der Waals surface area contributed by atoms with Gasteiger partial charge in [0.2, 0.25) is 0 Å². The molecule has 5 nitrogen and oxygen atoms in total. The van der Waals surface area contributed by atoms with Crippen molar-refractivity contribution in [1.29, 1.82) is 0 Å². The van der Waals surface area contributed by atoms with Crippen LogP contribution in [0.15, 0.2) is 54.7 Å². The van der Waals surface area contributed by atoms with Crippen molar-refractivity contribution < 1.29 is 14.2 Å². The summed E-state index contributed by atoms with van der Waals surface area (Å²) in [4.78, 5) is 9.42. The van der Waals surface area contributed by atoms with Crippen LogP contribution in [0.25, 0.3) is 33.1 Å². The number of rotatable bonds is 5. The number of aromatic nitrogens is 2. The predicted molar refractivity (Wildman–Crippen MR) is 107 cm³/mol. The highest BCUT2D eigenvalue weighted by atomic mass is 16.5. The van der Waals surface area contributed by atoms with Gasteiger partial charge < -0.3 is 14.2 Å². The lowest BCUT2D eigenvalue weighted by Crippen LogP contribution is -1.95. The van der Waals surface area contributed by atoms with E-state index in [4.69, 9.17) is 19.2 Å². The maximum absolute atomic E-state index is 5.55. The van der Waals surface area contributed by atoms with Gasteiger partial charge in [0.25, 0.3) is 0 Å². The smallest absolute Gasteiger partial charge is 0.161 e. The van der Waals surface area contributed by atoms with Crippen molar-refractivity contribution in [1.82, 2.24) is 9.97 Å². The molecule has 0 radical (unpaired) electrons. The van der Waals surface area contributed by atoms with Gasteiger partial charge in [-0.05, 0) is 55.5 Å². The molecule has 0 spiro atoms. The number of hydrogen-bond donors (Lipinski definition) is 0. The fourth-order valence-electron chi connectivity index (χ4n) is 3.24. The number of methoxy groups -OCH3 is 2. The summed E-state index contributed by atoms with van der Waals surface area (Å²) in [6.45, 7) is 2.61. The quantitative estimate of drug-likeness (QED) is 0.476. The topological polar surface area (TPSA) is 53.5 Å². The minimum absolute atomic E-state index is 0.638. The number of ether oxygens (including phenoxy) is 3. The van der Waals surface area contributed by atoms with Crippen LogP contribution in [0.1, 0.15) is 6.92 Å². The van der Waals surface area contributed by atoms with Crippen LogP contribution < -0.4 is 14.2 Å². The number of fused-ring (bicyclic) bond motifs is 3. The summed E-state index contributed by atoms with van der Waals surface area (Å²) in [5.74, 6) is 2.17. The zero-order valence-corrected chi connectivity index (χ0v) is 15.5. The predicted octanol–water partition coefficient (Wildman–Crippen LogP) is 4.87. The van der Waals surface area contributed by atoms with Gasteiger partial charge in [-0.25, -0.2) is 4.98 Å². The van der Waals surface area contributed by atoms with Gasteiger partial charge in [0, 0.05) is 22.5 Å². The van der Waals surface area contributed by atoms with Crippen molar-refractivity contribution in [2.24, 2.45) is 0 Å². The van der Waals surface area contributed by atoms with Crippen LogP contribution in [0.5, 0.6) is 17.2 Å². The molecule has 2 aromatic heterocycles. The van der Waals surface area contributed by atoms with Gasteiger partial charge in [-0.2, -0.15) is 0 Å². The third-order valence-electron chi connectivity index (χ3n) is 4.49. The molecule has 0 aliphatic rings. The second kappa shape index (κ2) is 7.11. The van der Waals surface area contributed by atoms with Crippen molar-refractivity contribution in [3.8, 4) is 28.5 Å². The number of hydrogen-bond acceptors (Lipinski definition) is 5. The number of pyridine rings is 2. The van der Waals surface area contributed by atoms with Crippen LogP contribution in [-0.4, -0.2) is 30.8 Å². The minimum Gasteiger partial charge on any atom is -0.494 e. The highest BCUT2D eigenvalue weighted by molar-refractivity contribution is 6.10. The molecule has 0 unspecified atom stereocenters. The summed E-state index contributed by atoms with van der Waals surface area (Å²) in [5.41, 5.74) is 3.54. The van der Waals surface area contributed by atoms with E-state index in [1.807, 2.05) is 55.5 Å². The SMILES string of the molecule is CCOc1ccc(-c2nc3cccnc3c3cc(OC)c(OC)cc23)cc1. The summed E-state index contributed by atoms with van der Waals surface area (Å²) in [7, 11) is 3.26. The van der Waals surface area contributed by atoms with Crippen molar-refractivity contribution in [3.05, 3.63) is 54.7 Å². The first kappa shape index (κ1) is 17.1. The van der Waals surface area contributed by atoms with Gasteiger partial charge >= 0.3 is 0 Å². The van der Waals surface area contributed by atoms with Crippen LogP contribution >= 0.6 is 0 Å². The maximum atomic E-state index is 5.55. The summed E-state index contributed by atoms with van der Waals surface area (Å²) >= 11 is 0. The largest absolute Gasteiger partial charge is 0.494 e. The van der Waals surface area contributed by atoms with Crippen LogP contribution in [0.4, 0.5) is 0 Å². The molecule has 0 bridgehead atoms. The van der Waals surface area contributed by atoms with Crippen molar-refractivity contribution in [3.63, 3.8) is 0 Å². The molecule has 0 N–H and O–H groups in total. The first-order valence-electron chi connectivity index (χ1n) is 8.79. The molecule has 0 aliphatic heterocycles. The summed E-state index contributed by atoms with van der Waals surface area (Å²) < 4.78 is 16.6. The summed E-state index contributed by atoms with van der Waals surface area (Å²) in [5, 5.41) is 1.94. The minimum atomic E-state index is 0.638. The Kier molecular flexibility index (Phi) is 4.50. The number of benzene rings is 2. The molecule has 0 saturated heterocycles. The third kappa shape index (κ3) is 3.01. The van der Waals surface area contributed by atoms with Gasteiger partial charge in [0.15, 0.2) is 11.5 Å². The molecule has 5 heteroatoms. The van der Waals surface area contributed by atoms with Gasteiger partial charge in [-0.15, -0.1) is 0 Å². The Morgan fingerprint density at radius 3 is 2.26 bits per heavy atom. The highest BCUT2D eigenvalue weighted by Gasteiger charge is 2.15. The van der Waals surface area contributed by atoms with Crippen molar-refractivity contribution in [2.75, 3.05) is 20.8 Å². The van der Waals surface area contributed by atoms with Gasteiger partial charge in [-0.1, -0.05) is 0 Å². The molecular weight excluding hydrogens is 340 g/mol. The zero-order chi connectivity index (χ0) is 18.8. The molecule has 0 amide bonds. The van der Waals surface area contributed by atoms with Crippen LogP contribution in [0.2, 0.25) is 0 Å². The van der Waals surface area contributed by atoms with E-state index in [9.17, 15) is 0 Å². The first-order valence-corrected chi connectivity index (χ1v) is 8.79. The lowest BCUT2D eigenvalue weighted by Gasteiger charge is -2.14. The average Bonchev–Trinajstić information content (AvgIpc) is 2.73. The van der Waals surface area contributed by atoms with E-state index >= 15 is 0 Å². The first-order chi connectivity index (χ1) is 13.2. The van der Waals surface area contributed by atoms with Crippen molar-refractivity contribution in [2.45, 2.75) is 6.92 Å². The normalized spacial score (nSPS) is 10.9. The van der Waals surface area contributed by atoms with E-state index in [1.54, 1.807) is 20.4 Å². The molecule has 4 rings (SSSR count). The highest BCUT2D eigenvalue weighted by Crippen LogP contribution is 2.39. The zero-order valence-electron chi connectivity index (χ0n) is 15.5. The maximum Gasteiger partial charge on any atom is 0.161 e. The monoisotopic (exact) mass is 360 g/mol. The number of nitrogens with zero attached hydrogens (tertiary/aromatic N) is 2. The molecule has 2 heterocycles. The molecule has 2 aromatic carbocycles. The molecule has 0 aliphatic carbocycles. The Morgan fingerprint density at radius 2 is 1.59 bits per heavy atom. The van der Waals surface area contributed by atoms with E-state index in [-0.39, 0.29) is 0 Å². The van der Waals surface area contributed by atoms with Crippen LogP contribution in [0, 0.1) is 0 Å². The summed E-state index contributed by atoms with van der Waals surface area (Å²) in [6, 6.07) is 15.7. The Balaban J connectivity index is 2.02. The van der Waals surface area contributed by atoms with E-state index in [0.29, 0.717) is 18.1 Å². The Bertz CT molecular complexity index is 1110. The molecule has 0 saturated carbocycles. The van der Waals surface area contributed by atoms with Gasteiger partial charge in [0.1, 0.15) is 5.75 Å². The van der Waals surface area contributed by atoms with E-state index < -0.39 is 0 Å². The Morgan fingerprint density at radius 1 is 0.889 bits per heavy atom. The van der Waals surface area contributed by atoms with Gasteiger partial charge in [0.05, 0.1) is 37.6 Å². The third-order valence-corrected chi connectivity index (χ3v) is 4.49. The molecule has 0 fully saturated rings. The second-order valence-corrected chi connectivity index (χ2v) is 6.04. The van der Waals surface area contributed by atoms with Crippen molar-refractivity contribution >= 4 is 21.8 Å². The average molecular weight is 360 g/mol. The summed E-state index contributed by atoms with van der Waals surface area (Å²) in [6.07, 6.45) is 1.77. The fraction of sp³-hybridized carbons (Fsp3) is 0.182. The molecule has 27 heavy (non-hydrogen) atoms. The van der Waals surface area contributed by atoms with Gasteiger partial charge in [-0.3, -0.25) is 4.98 Å². The lowest BCUT2D eigenvalue weighted by atomic mass is 10.0. The molecule has 0 atom stereocenters. The van der Waals surface area contributed by atoms with E-state index in [2.05, 4.69) is 4.98 Å². The van der Waals surface area contributed by atoms with E-state index in [1.165, 1.54) is 0 Å². The molecule has 136 valence electrons. The second-order valence-electron chi connectivity index (χ2n) is 6.04. The Labute approximate surface area is 157 Å². The van der Waals surface area contributed by atoms with Crippen LogP contribution in [-0.2, 0) is 0 Å². The van der Waals surface area contributed by atoms with E-state index in [0.717, 1.165) is 38.8 Å². The lowest BCUT2D eigenvalue weighted by molar-refractivity contribution is 0.340. The van der Waals surface area contributed by atoms with Crippen LogP contribution in [0.3, 0.4) is 0 Å². The standard InChI is InChI=1S/C22H20N2O3/c1-4-27-15-9-7-14(8-10-15)21-16-12-19(25-2)20(26-3)13-17(16)22-18(24-21)6-5-11-23-22/h5-13H,4H2,1-3H3. The fourth-order valence-corrected chi connectivity index (χ4v) is 3.24. The Hall–Kier alpha value is -3.34.